The minimum absolute atomic E-state index is 0.153. The van der Waals surface area contributed by atoms with Crippen LogP contribution in [0.1, 0.15) is 16.1 Å². The van der Waals surface area contributed by atoms with E-state index in [9.17, 15) is 26.7 Å². The van der Waals surface area contributed by atoms with Gasteiger partial charge >= 0.3 is 6.18 Å². The second kappa shape index (κ2) is 9.86. The van der Waals surface area contributed by atoms with E-state index in [0.717, 1.165) is 28.8 Å². The van der Waals surface area contributed by atoms with Crippen molar-refractivity contribution < 1.29 is 26.7 Å². The van der Waals surface area contributed by atoms with Crippen LogP contribution in [0.5, 0.6) is 0 Å². The first-order chi connectivity index (χ1) is 18.2. The number of thioether (sulfide) groups is 1. The number of fused-ring (bicyclic) bond motifs is 1. The molecule has 0 radical (unpaired) electrons. The summed E-state index contributed by atoms with van der Waals surface area (Å²) >= 11 is 1.27. The van der Waals surface area contributed by atoms with Crippen molar-refractivity contribution in [2.24, 2.45) is 0 Å². The molecular weight excluding hydrogens is 525 g/mol. The van der Waals surface area contributed by atoms with Gasteiger partial charge in [-0.1, -0.05) is 36.0 Å². The van der Waals surface area contributed by atoms with Crippen LogP contribution in [0.25, 0.3) is 28.0 Å². The molecule has 12 heteroatoms. The van der Waals surface area contributed by atoms with Crippen LogP contribution < -0.4 is 5.32 Å². The van der Waals surface area contributed by atoms with Crippen molar-refractivity contribution in [3.05, 3.63) is 95.8 Å². The lowest BCUT2D eigenvalue weighted by Crippen LogP contribution is -2.15. The third-order valence-electron chi connectivity index (χ3n) is 5.60. The second-order valence-corrected chi connectivity index (χ2v) is 8.76. The van der Waals surface area contributed by atoms with E-state index in [1.54, 1.807) is 18.4 Å². The Hall–Kier alpha value is -4.32. The van der Waals surface area contributed by atoms with Crippen molar-refractivity contribution in [1.82, 2.24) is 19.6 Å². The lowest BCUT2D eigenvalue weighted by Gasteiger charge is -2.09. The molecule has 6 nitrogen and oxygen atoms in total. The quantitative estimate of drug-likeness (QED) is 0.152. The van der Waals surface area contributed by atoms with E-state index in [0.29, 0.717) is 22.0 Å². The molecule has 3 heterocycles. The van der Waals surface area contributed by atoms with E-state index < -0.39 is 35.0 Å². The van der Waals surface area contributed by atoms with E-state index in [4.69, 9.17) is 0 Å². The van der Waals surface area contributed by atoms with Gasteiger partial charge in [-0.25, -0.2) is 23.3 Å². The first kappa shape index (κ1) is 25.3. The zero-order chi connectivity index (χ0) is 27.0. The number of anilines is 1. The molecule has 3 aromatic heterocycles. The summed E-state index contributed by atoms with van der Waals surface area (Å²) in [6, 6.07) is 14.4. The van der Waals surface area contributed by atoms with Crippen molar-refractivity contribution in [1.29, 1.82) is 0 Å². The molecule has 0 saturated carbocycles. The van der Waals surface area contributed by atoms with Gasteiger partial charge in [0.05, 0.1) is 16.8 Å². The molecule has 0 aliphatic rings. The van der Waals surface area contributed by atoms with E-state index >= 15 is 0 Å². The summed E-state index contributed by atoms with van der Waals surface area (Å²) in [5, 5.41) is 7.13. The van der Waals surface area contributed by atoms with Gasteiger partial charge in [0.2, 0.25) is 0 Å². The van der Waals surface area contributed by atoms with Crippen LogP contribution in [0.2, 0.25) is 0 Å². The summed E-state index contributed by atoms with van der Waals surface area (Å²) in [5.41, 5.74) is -0.277. The Morgan fingerprint density at radius 2 is 1.68 bits per heavy atom. The normalized spacial score (nSPS) is 11.6. The fraction of sp³-hybridized carbons (Fsp3) is 0.0769. The minimum atomic E-state index is -4.68. The molecule has 0 aliphatic carbocycles. The zero-order valence-electron chi connectivity index (χ0n) is 19.4. The van der Waals surface area contributed by atoms with Gasteiger partial charge in [-0.15, -0.1) is 0 Å². The number of carbonyl (C=O) groups excluding carboxylic acids is 1. The SMILES string of the molecule is CSc1nccc(-c2c(-c3cccc(NC(=O)c4c(F)cccc4F)c3)nn3c(C(F)(F)F)cccc23)n1. The van der Waals surface area contributed by atoms with Crippen LogP contribution in [-0.4, -0.2) is 31.7 Å². The standard InChI is InChI=1S/C26H16F5N5OS/c1-38-25-32-12-11-18(34-25)22-19-9-4-10-20(26(29,30)31)36(19)35-23(22)14-5-2-6-15(13-14)33-24(37)21-16(27)7-3-8-17(21)28/h2-13H,1H3,(H,33,37). The molecule has 0 spiro atoms. The summed E-state index contributed by atoms with van der Waals surface area (Å²) in [4.78, 5) is 21.2. The number of alkyl halides is 3. The molecule has 2 aromatic carbocycles. The Kier molecular flexibility index (Phi) is 6.57. The lowest BCUT2D eigenvalue weighted by molar-refractivity contribution is -0.142. The summed E-state index contributed by atoms with van der Waals surface area (Å²) in [7, 11) is 0. The van der Waals surface area contributed by atoms with Gasteiger partial charge in [-0.05, 0) is 48.7 Å². The number of rotatable bonds is 5. The monoisotopic (exact) mass is 541 g/mol. The maximum absolute atomic E-state index is 14.1. The predicted molar refractivity (Wildman–Crippen MR) is 133 cm³/mol. The van der Waals surface area contributed by atoms with Crippen molar-refractivity contribution in [2.45, 2.75) is 11.3 Å². The van der Waals surface area contributed by atoms with Crippen molar-refractivity contribution in [2.75, 3.05) is 11.6 Å². The molecule has 1 amide bonds. The molecule has 5 rings (SSSR count). The number of benzene rings is 2. The first-order valence-electron chi connectivity index (χ1n) is 11.0. The molecule has 0 bridgehead atoms. The van der Waals surface area contributed by atoms with Crippen molar-refractivity contribution in [3.63, 3.8) is 0 Å². The number of pyridine rings is 1. The van der Waals surface area contributed by atoms with Gasteiger partial charge in [0.15, 0.2) is 5.16 Å². The Bertz CT molecular complexity index is 1660. The Balaban J connectivity index is 1.66. The average molecular weight is 542 g/mol. The molecule has 192 valence electrons. The number of amides is 1. The minimum Gasteiger partial charge on any atom is -0.322 e. The molecule has 1 N–H and O–H groups in total. The number of carbonyl (C=O) groups is 1. The van der Waals surface area contributed by atoms with Crippen molar-refractivity contribution in [3.8, 4) is 22.5 Å². The third kappa shape index (κ3) is 4.70. The third-order valence-corrected chi connectivity index (χ3v) is 6.17. The molecule has 38 heavy (non-hydrogen) atoms. The van der Waals surface area contributed by atoms with Gasteiger partial charge in [0, 0.05) is 17.4 Å². The maximum atomic E-state index is 14.1. The van der Waals surface area contributed by atoms with Crippen LogP contribution in [0, 0.1) is 11.6 Å². The highest BCUT2D eigenvalue weighted by molar-refractivity contribution is 7.98. The second-order valence-electron chi connectivity index (χ2n) is 7.99. The predicted octanol–water partition coefficient (Wildman–Crippen LogP) is 6.73. The van der Waals surface area contributed by atoms with E-state index in [2.05, 4.69) is 20.4 Å². The fourth-order valence-corrected chi connectivity index (χ4v) is 4.33. The Morgan fingerprint density at radius 1 is 0.974 bits per heavy atom. The summed E-state index contributed by atoms with van der Waals surface area (Å²) in [5.74, 6) is -3.09. The summed E-state index contributed by atoms with van der Waals surface area (Å²) in [6.45, 7) is 0. The van der Waals surface area contributed by atoms with Crippen LogP contribution in [0.15, 0.2) is 78.1 Å². The molecule has 5 aromatic rings. The van der Waals surface area contributed by atoms with Crippen molar-refractivity contribution >= 4 is 28.9 Å². The topological polar surface area (TPSA) is 72.2 Å². The van der Waals surface area contributed by atoms with Crippen LogP contribution >= 0.6 is 11.8 Å². The molecule has 0 aliphatic heterocycles. The van der Waals surface area contributed by atoms with E-state index in [-0.39, 0.29) is 16.9 Å². The molecule has 0 fully saturated rings. The van der Waals surface area contributed by atoms with Gasteiger partial charge in [-0.2, -0.15) is 18.3 Å². The van der Waals surface area contributed by atoms with Crippen LogP contribution in [-0.2, 0) is 6.18 Å². The Labute approximate surface area is 216 Å². The highest BCUT2D eigenvalue weighted by atomic mass is 32.2. The molecule has 0 atom stereocenters. The maximum Gasteiger partial charge on any atom is 0.433 e. The molecule has 0 unspecified atom stereocenters. The summed E-state index contributed by atoms with van der Waals surface area (Å²) < 4.78 is 70.4. The number of halogens is 5. The van der Waals surface area contributed by atoms with Gasteiger partial charge in [0.1, 0.15) is 28.6 Å². The van der Waals surface area contributed by atoms with Gasteiger partial charge in [-0.3, -0.25) is 4.79 Å². The average Bonchev–Trinajstić information content (AvgIpc) is 3.28. The van der Waals surface area contributed by atoms with E-state index in [1.165, 1.54) is 48.3 Å². The largest absolute Gasteiger partial charge is 0.433 e. The Morgan fingerprint density at radius 3 is 2.39 bits per heavy atom. The molecular formula is C26H16F5N5OS. The number of hydrogen-bond donors (Lipinski definition) is 1. The number of hydrogen-bond acceptors (Lipinski definition) is 5. The number of nitrogens with one attached hydrogen (secondary N) is 1. The highest BCUT2D eigenvalue weighted by Crippen LogP contribution is 2.38. The molecule has 0 saturated heterocycles. The lowest BCUT2D eigenvalue weighted by atomic mass is 10.0. The summed E-state index contributed by atoms with van der Waals surface area (Å²) in [6.07, 6.45) is -1.42. The highest BCUT2D eigenvalue weighted by Gasteiger charge is 2.35. The number of nitrogens with zero attached hydrogens (tertiary/aromatic N) is 4. The van der Waals surface area contributed by atoms with Gasteiger partial charge < -0.3 is 5.32 Å². The fourth-order valence-electron chi connectivity index (χ4n) is 3.97. The zero-order valence-corrected chi connectivity index (χ0v) is 20.2. The first-order valence-corrected chi connectivity index (χ1v) is 12.2. The van der Waals surface area contributed by atoms with Crippen LogP contribution in [0.3, 0.4) is 0 Å². The van der Waals surface area contributed by atoms with Gasteiger partial charge in [0.25, 0.3) is 5.91 Å². The van der Waals surface area contributed by atoms with Crippen LogP contribution in [0.4, 0.5) is 27.6 Å². The smallest absolute Gasteiger partial charge is 0.322 e. The number of aromatic nitrogens is 4. The van der Waals surface area contributed by atoms with E-state index in [1.807, 2.05) is 0 Å².